The predicted octanol–water partition coefficient (Wildman–Crippen LogP) is 4.32. The van der Waals surface area contributed by atoms with Gasteiger partial charge in [0.25, 0.3) is 0 Å². The van der Waals surface area contributed by atoms with E-state index in [0.29, 0.717) is 11.4 Å². The van der Waals surface area contributed by atoms with Gasteiger partial charge in [0.15, 0.2) is 0 Å². The first-order valence-electron chi connectivity index (χ1n) is 10.1. The Kier molecular flexibility index (Phi) is 5.58. The highest BCUT2D eigenvalue weighted by Crippen LogP contribution is 2.38. The van der Waals surface area contributed by atoms with E-state index in [1.807, 2.05) is 13.0 Å². The molecule has 0 aromatic heterocycles. The third kappa shape index (κ3) is 4.43. The summed E-state index contributed by atoms with van der Waals surface area (Å²) in [4.78, 5) is 12.5. The number of halogens is 1. The summed E-state index contributed by atoms with van der Waals surface area (Å²) >= 11 is 5.95. The van der Waals surface area contributed by atoms with Crippen LogP contribution in [-0.4, -0.2) is 20.2 Å². The topological polar surface area (TPSA) is 75.3 Å². The molecule has 4 rings (SSSR count). The molecule has 2 amide bonds. The van der Waals surface area contributed by atoms with Crippen molar-refractivity contribution in [1.82, 2.24) is 4.72 Å². The van der Waals surface area contributed by atoms with Gasteiger partial charge in [-0.2, -0.15) is 0 Å². The smallest absolute Gasteiger partial charge is 0.307 e. The Labute approximate surface area is 176 Å². The van der Waals surface area contributed by atoms with E-state index in [1.54, 1.807) is 12.1 Å². The Hall–Kier alpha value is -2.05. The average molecular weight is 433 g/mol. The second-order valence-electron chi connectivity index (χ2n) is 7.93. The molecule has 0 unspecified atom stereocenters. The zero-order valence-corrected chi connectivity index (χ0v) is 18.0. The van der Waals surface area contributed by atoms with Crippen molar-refractivity contribution >= 4 is 33.3 Å². The van der Waals surface area contributed by atoms with Gasteiger partial charge < -0.3 is 5.32 Å². The SMILES string of the molecule is Cc1cc(Cl)ccc1CCS(=O)(=O)NC(=O)Nc1c2c(cc3c1CCC3)CCC2. The average Bonchev–Trinajstić information content (AvgIpc) is 3.29. The highest BCUT2D eigenvalue weighted by Gasteiger charge is 2.26. The number of fused-ring (bicyclic) bond motifs is 2. The lowest BCUT2D eigenvalue weighted by molar-refractivity contribution is 0.256. The van der Waals surface area contributed by atoms with Crippen LogP contribution in [0, 0.1) is 6.92 Å². The van der Waals surface area contributed by atoms with E-state index < -0.39 is 16.1 Å². The van der Waals surface area contributed by atoms with Crippen LogP contribution in [0.5, 0.6) is 0 Å². The lowest BCUT2D eigenvalue weighted by Gasteiger charge is -2.16. The number of aryl methyl sites for hydroxylation is 4. The summed E-state index contributed by atoms with van der Waals surface area (Å²) in [7, 11) is -3.75. The van der Waals surface area contributed by atoms with Crippen molar-refractivity contribution in [3.8, 4) is 0 Å². The van der Waals surface area contributed by atoms with Crippen molar-refractivity contribution in [3.05, 3.63) is 62.7 Å². The molecule has 0 radical (unpaired) electrons. The maximum atomic E-state index is 12.5. The zero-order valence-electron chi connectivity index (χ0n) is 16.5. The maximum absolute atomic E-state index is 12.5. The van der Waals surface area contributed by atoms with Crippen LogP contribution in [0.2, 0.25) is 5.02 Å². The molecule has 154 valence electrons. The summed E-state index contributed by atoms with van der Waals surface area (Å²) in [5.74, 6) is -0.159. The fourth-order valence-electron chi connectivity index (χ4n) is 4.48. The third-order valence-electron chi connectivity index (χ3n) is 5.90. The van der Waals surface area contributed by atoms with Crippen LogP contribution in [0.3, 0.4) is 0 Å². The van der Waals surface area contributed by atoms with Crippen LogP contribution in [0.1, 0.15) is 46.2 Å². The van der Waals surface area contributed by atoms with Crippen molar-refractivity contribution in [2.75, 3.05) is 11.1 Å². The minimum atomic E-state index is -3.75. The Balaban J connectivity index is 1.45. The number of sulfonamides is 1. The van der Waals surface area contributed by atoms with Gasteiger partial charge in [-0.1, -0.05) is 23.7 Å². The van der Waals surface area contributed by atoms with Gasteiger partial charge in [-0.25, -0.2) is 17.9 Å². The minimum Gasteiger partial charge on any atom is -0.307 e. The first-order valence-corrected chi connectivity index (χ1v) is 12.1. The maximum Gasteiger partial charge on any atom is 0.332 e. The highest BCUT2D eigenvalue weighted by molar-refractivity contribution is 7.90. The summed E-state index contributed by atoms with van der Waals surface area (Å²) in [6, 6.07) is 6.98. The predicted molar refractivity (Wildman–Crippen MR) is 116 cm³/mol. The molecule has 0 saturated carbocycles. The number of amides is 2. The van der Waals surface area contributed by atoms with Crippen molar-refractivity contribution in [3.63, 3.8) is 0 Å². The van der Waals surface area contributed by atoms with Gasteiger partial charge >= 0.3 is 6.03 Å². The molecule has 2 N–H and O–H groups in total. The first-order chi connectivity index (χ1) is 13.8. The third-order valence-corrected chi connectivity index (χ3v) is 7.38. The second-order valence-corrected chi connectivity index (χ2v) is 10.2. The number of hydrogen-bond donors (Lipinski definition) is 2. The van der Waals surface area contributed by atoms with E-state index in [4.69, 9.17) is 11.6 Å². The molecule has 2 aliphatic carbocycles. The number of urea groups is 1. The monoisotopic (exact) mass is 432 g/mol. The number of carbonyl (C=O) groups excluding carboxylic acids is 1. The molecule has 0 heterocycles. The standard InChI is InChI=1S/C22H25ClN2O3S/c1-14-12-18(23)9-8-15(14)10-11-29(27,28)25-22(26)24-21-19-6-2-4-16(19)13-17-5-3-7-20(17)21/h8-9,12-13H,2-7,10-11H2,1H3,(H2,24,25,26). The minimum absolute atomic E-state index is 0.159. The number of benzene rings is 2. The molecule has 2 aromatic carbocycles. The fourth-order valence-corrected chi connectivity index (χ4v) is 5.63. The van der Waals surface area contributed by atoms with E-state index in [9.17, 15) is 13.2 Å². The lowest BCUT2D eigenvalue weighted by Crippen LogP contribution is -2.37. The normalized spacial score (nSPS) is 15.1. The molecular formula is C22H25ClN2O3S. The molecule has 7 heteroatoms. The van der Waals surface area contributed by atoms with E-state index in [0.717, 1.165) is 55.3 Å². The van der Waals surface area contributed by atoms with Crippen LogP contribution in [0.15, 0.2) is 24.3 Å². The second kappa shape index (κ2) is 8.00. The number of rotatable bonds is 5. The molecule has 0 bridgehead atoms. The van der Waals surface area contributed by atoms with E-state index >= 15 is 0 Å². The van der Waals surface area contributed by atoms with Crippen LogP contribution >= 0.6 is 11.6 Å². The molecule has 2 aromatic rings. The Morgan fingerprint density at radius 2 is 1.69 bits per heavy atom. The van der Waals surface area contributed by atoms with E-state index in [2.05, 4.69) is 16.1 Å². The summed E-state index contributed by atoms with van der Waals surface area (Å²) in [6.45, 7) is 1.89. The summed E-state index contributed by atoms with van der Waals surface area (Å²) in [5, 5.41) is 3.49. The Morgan fingerprint density at radius 1 is 1.03 bits per heavy atom. The van der Waals surface area contributed by atoms with Gasteiger partial charge in [0.2, 0.25) is 10.0 Å². The van der Waals surface area contributed by atoms with Crippen molar-refractivity contribution in [1.29, 1.82) is 0 Å². The van der Waals surface area contributed by atoms with Crippen LogP contribution in [-0.2, 0) is 42.1 Å². The quantitative estimate of drug-likeness (QED) is 0.738. The Bertz CT molecular complexity index is 1050. The van der Waals surface area contributed by atoms with Crippen LogP contribution in [0.4, 0.5) is 10.5 Å². The molecule has 2 aliphatic rings. The van der Waals surface area contributed by atoms with E-state index in [-0.39, 0.29) is 5.75 Å². The van der Waals surface area contributed by atoms with E-state index in [1.165, 1.54) is 22.3 Å². The highest BCUT2D eigenvalue weighted by atomic mass is 35.5. The van der Waals surface area contributed by atoms with Gasteiger partial charge in [0.1, 0.15) is 0 Å². The molecule has 0 fully saturated rings. The van der Waals surface area contributed by atoms with Crippen LogP contribution in [0.25, 0.3) is 0 Å². The molecule has 0 saturated heterocycles. The lowest BCUT2D eigenvalue weighted by atomic mass is 9.99. The first kappa shape index (κ1) is 20.2. The molecule has 5 nitrogen and oxygen atoms in total. The van der Waals surface area contributed by atoms with Gasteiger partial charge in [-0.15, -0.1) is 0 Å². The molecular weight excluding hydrogens is 408 g/mol. The van der Waals surface area contributed by atoms with Gasteiger partial charge in [-0.3, -0.25) is 0 Å². The van der Waals surface area contributed by atoms with Crippen molar-refractivity contribution in [2.24, 2.45) is 0 Å². The molecule has 0 aliphatic heterocycles. The fraction of sp³-hybridized carbons (Fsp3) is 0.409. The summed E-state index contributed by atoms with van der Waals surface area (Å²) in [6.07, 6.45) is 6.39. The Morgan fingerprint density at radius 3 is 2.31 bits per heavy atom. The molecule has 0 atom stereocenters. The van der Waals surface area contributed by atoms with Crippen LogP contribution < -0.4 is 10.0 Å². The van der Waals surface area contributed by atoms with Gasteiger partial charge in [0, 0.05) is 10.7 Å². The summed E-state index contributed by atoms with van der Waals surface area (Å²) < 4.78 is 27.1. The summed E-state index contributed by atoms with van der Waals surface area (Å²) in [5.41, 5.74) is 7.62. The largest absolute Gasteiger partial charge is 0.332 e. The molecule has 0 spiro atoms. The van der Waals surface area contributed by atoms with Gasteiger partial charge in [0.05, 0.1) is 5.75 Å². The number of nitrogens with one attached hydrogen (secondary N) is 2. The van der Waals surface area contributed by atoms with Crippen molar-refractivity contribution < 1.29 is 13.2 Å². The number of carbonyl (C=O) groups is 1. The van der Waals surface area contributed by atoms with Crippen molar-refractivity contribution in [2.45, 2.75) is 51.9 Å². The molecule has 29 heavy (non-hydrogen) atoms. The van der Waals surface area contributed by atoms with Gasteiger partial charge in [-0.05, 0) is 97.4 Å². The number of anilines is 1. The zero-order chi connectivity index (χ0) is 20.6. The number of hydrogen-bond acceptors (Lipinski definition) is 3.